The van der Waals surface area contributed by atoms with Crippen molar-refractivity contribution in [1.82, 2.24) is 0 Å². The molecule has 8 rings (SSSR count). The van der Waals surface area contributed by atoms with Gasteiger partial charge >= 0.3 is 7.12 Å². The van der Waals surface area contributed by atoms with Crippen molar-refractivity contribution in [3.8, 4) is 20.9 Å². The second kappa shape index (κ2) is 13.0. The molecule has 54 heavy (non-hydrogen) atoms. The number of thiophene rings is 2. The predicted molar refractivity (Wildman–Crippen MR) is 240 cm³/mol. The molecule has 2 aromatic heterocycles. The summed E-state index contributed by atoms with van der Waals surface area (Å²) in [6.45, 7) is 32.9. The summed E-state index contributed by atoms with van der Waals surface area (Å²) in [6, 6.07) is 14.8. The molecular formula is C48H60BBrO2S2. The zero-order chi connectivity index (χ0) is 39.0. The Bertz CT molecular complexity index is 2280. The summed E-state index contributed by atoms with van der Waals surface area (Å²) >= 11 is 7.90. The Hall–Kier alpha value is -1.96. The maximum absolute atomic E-state index is 6.56. The van der Waals surface area contributed by atoms with E-state index >= 15 is 0 Å². The SMILES string of the molecule is Cc1cc2c3c(c(C)cc2c2c1-c1sc(Br)cc1C2(CC(C)C)CC(C)C)-c1sc2cc(B4OC(C)(C)C(C)(C)O4)ccc2c1C3(CC(C)C)CC(C)C. The van der Waals surface area contributed by atoms with Crippen molar-refractivity contribution in [1.29, 1.82) is 0 Å². The minimum atomic E-state index is -0.369. The number of hydrogen-bond acceptors (Lipinski definition) is 4. The summed E-state index contributed by atoms with van der Waals surface area (Å²) < 4.78 is 15.7. The summed E-state index contributed by atoms with van der Waals surface area (Å²) in [6.07, 6.45) is 4.59. The highest BCUT2D eigenvalue weighted by molar-refractivity contribution is 9.11. The minimum Gasteiger partial charge on any atom is -0.399 e. The quantitative estimate of drug-likeness (QED) is 0.138. The molecule has 0 spiro atoms. The van der Waals surface area contributed by atoms with E-state index < -0.39 is 0 Å². The van der Waals surface area contributed by atoms with Crippen LogP contribution in [0, 0.1) is 37.5 Å². The Kier molecular flexibility index (Phi) is 9.39. The highest BCUT2D eigenvalue weighted by atomic mass is 79.9. The highest BCUT2D eigenvalue weighted by Gasteiger charge is 2.53. The summed E-state index contributed by atoms with van der Waals surface area (Å²) in [5, 5.41) is 4.43. The fraction of sp³-hybridized carbons (Fsp3) is 0.542. The van der Waals surface area contributed by atoms with Crippen LogP contribution in [0.5, 0.6) is 0 Å². The maximum atomic E-state index is 6.56. The topological polar surface area (TPSA) is 18.5 Å². The number of fused-ring (bicyclic) bond motifs is 11. The van der Waals surface area contributed by atoms with Crippen molar-refractivity contribution in [3.05, 3.63) is 73.6 Å². The highest BCUT2D eigenvalue weighted by Crippen LogP contribution is 2.66. The van der Waals surface area contributed by atoms with Crippen LogP contribution in [0.3, 0.4) is 0 Å². The zero-order valence-corrected chi connectivity index (χ0v) is 38.4. The smallest absolute Gasteiger partial charge is 0.399 e. The van der Waals surface area contributed by atoms with Crippen LogP contribution in [-0.2, 0) is 20.1 Å². The zero-order valence-electron chi connectivity index (χ0n) is 35.2. The first kappa shape index (κ1) is 38.9. The molecule has 3 aliphatic rings. The van der Waals surface area contributed by atoms with Crippen LogP contribution < -0.4 is 5.46 Å². The van der Waals surface area contributed by atoms with Gasteiger partial charge in [0.2, 0.25) is 0 Å². The van der Waals surface area contributed by atoms with Gasteiger partial charge in [0, 0.05) is 25.3 Å². The molecule has 5 aromatic rings. The fourth-order valence-electron chi connectivity index (χ4n) is 11.2. The van der Waals surface area contributed by atoms with E-state index in [1.54, 1.807) is 22.3 Å². The monoisotopic (exact) mass is 822 g/mol. The molecule has 286 valence electrons. The molecule has 2 aliphatic carbocycles. The molecule has 0 saturated carbocycles. The largest absolute Gasteiger partial charge is 0.494 e. The molecule has 3 aromatic carbocycles. The van der Waals surface area contributed by atoms with Crippen molar-refractivity contribution >= 4 is 72.0 Å². The minimum absolute atomic E-state index is 0.0146. The third-order valence-electron chi connectivity index (χ3n) is 13.2. The summed E-state index contributed by atoms with van der Waals surface area (Å²) in [7, 11) is -0.365. The molecular weight excluding hydrogens is 763 g/mol. The summed E-state index contributed by atoms with van der Waals surface area (Å²) in [5.74, 6) is 2.23. The Labute approximate surface area is 342 Å². The molecule has 0 radical (unpaired) electrons. The molecule has 2 nitrogen and oxygen atoms in total. The lowest BCUT2D eigenvalue weighted by molar-refractivity contribution is 0.00578. The Balaban J connectivity index is 1.45. The van der Waals surface area contributed by atoms with Gasteiger partial charge in [-0.2, -0.15) is 0 Å². The summed E-state index contributed by atoms with van der Waals surface area (Å²) in [4.78, 5) is 2.98. The van der Waals surface area contributed by atoms with E-state index in [-0.39, 0.29) is 29.2 Å². The molecule has 0 unspecified atom stereocenters. The average Bonchev–Trinajstić information content (AvgIpc) is 3.77. The molecule has 1 saturated heterocycles. The van der Waals surface area contributed by atoms with Gasteiger partial charge in [-0.1, -0.05) is 79.7 Å². The fourth-order valence-corrected chi connectivity index (χ4v) is 14.5. The molecule has 1 aliphatic heterocycles. The molecule has 3 heterocycles. The first-order valence-electron chi connectivity index (χ1n) is 20.6. The van der Waals surface area contributed by atoms with E-state index in [0.717, 1.165) is 31.1 Å². The third kappa shape index (κ3) is 5.64. The van der Waals surface area contributed by atoms with E-state index in [1.807, 2.05) is 22.7 Å². The molecule has 0 bridgehead atoms. The predicted octanol–water partition coefficient (Wildman–Crippen LogP) is 14.5. The van der Waals surface area contributed by atoms with Gasteiger partial charge in [0.1, 0.15) is 0 Å². The van der Waals surface area contributed by atoms with Gasteiger partial charge in [0.15, 0.2) is 0 Å². The van der Waals surface area contributed by atoms with Crippen LogP contribution in [-0.4, -0.2) is 18.3 Å². The Morgan fingerprint density at radius 3 is 1.59 bits per heavy atom. The number of rotatable bonds is 9. The lowest BCUT2D eigenvalue weighted by Gasteiger charge is -2.39. The van der Waals surface area contributed by atoms with Crippen LogP contribution in [0.15, 0.2) is 40.2 Å². The lowest BCUT2D eigenvalue weighted by atomic mass is 9.64. The van der Waals surface area contributed by atoms with E-state index in [4.69, 9.17) is 9.31 Å². The van der Waals surface area contributed by atoms with Gasteiger partial charge in [-0.05, 0) is 185 Å². The van der Waals surface area contributed by atoms with Crippen molar-refractivity contribution in [2.75, 3.05) is 0 Å². The van der Waals surface area contributed by atoms with Crippen LogP contribution in [0.25, 0.3) is 41.7 Å². The van der Waals surface area contributed by atoms with Gasteiger partial charge < -0.3 is 9.31 Å². The normalized spacial score (nSPS) is 18.9. The van der Waals surface area contributed by atoms with Gasteiger partial charge in [-0.3, -0.25) is 0 Å². The van der Waals surface area contributed by atoms with Crippen LogP contribution in [0.4, 0.5) is 0 Å². The summed E-state index contributed by atoms with van der Waals surface area (Å²) in [5.41, 5.74) is 12.5. The van der Waals surface area contributed by atoms with Crippen LogP contribution in [0.2, 0.25) is 0 Å². The second-order valence-corrected chi connectivity index (χ2v) is 23.5. The van der Waals surface area contributed by atoms with Crippen molar-refractivity contribution in [2.24, 2.45) is 23.7 Å². The van der Waals surface area contributed by atoms with Crippen molar-refractivity contribution in [2.45, 2.75) is 145 Å². The van der Waals surface area contributed by atoms with E-state index in [9.17, 15) is 0 Å². The Morgan fingerprint density at radius 2 is 1.07 bits per heavy atom. The maximum Gasteiger partial charge on any atom is 0.494 e. The molecule has 0 N–H and O–H groups in total. The first-order chi connectivity index (χ1) is 25.2. The van der Waals surface area contributed by atoms with Gasteiger partial charge in [0.25, 0.3) is 0 Å². The van der Waals surface area contributed by atoms with Gasteiger partial charge in [0.05, 0.1) is 15.0 Å². The van der Waals surface area contributed by atoms with Crippen LogP contribution in [0.1, 0.15) is 142 Å². The number of hydrogen-bond donors (Lipinski definition) is 0. The van der Waals surface area contributed by atoms with Crippen LogP contribution >= 0.6 is 38.6 Å². The number of benzene rings is 3. The van der Waals surface area contributed by atoms with Gasteiger partial charge in [-0.15, -0.1) is 22.7 Å². The Morgan fingerprint density at radius 1 is 0.593 bits per heavy atom. The van der Waals surface area contributed by atoms with E-state index in [0.29, 0.717) is 23.7 Å². The molecule has 6 heteroatoms. The van der Waals surface area contributed by atoms with Crippen molar-refractivity contribution < 1.29 is 9.31 Å². The molecule has 0 amide bonds. The lowest BCUT2D eigenvalue weighted by Crippen LogP contribution is -2.41. The van der Waals surface area contributed by atoms with E-state index in [1.165, 1.54) is 56.7 Å². The molecule has 0 atom stereocenters. The van der Waals surface area contributed by atoms with Gasteiger partial charge in [-0.25, -0.2) is 0 Å². The standard InChI is InChI=1S/C48H60BBrO2S2/c1-25(2)21-47(22-26(3)4)35-20-37(50)54-43(35)38-29(9)17-34-33(40(38)47)18-30(10)39-41(34)48(23-27(5)6,24-28(7)8)42-32-16-15-31(19-36(32)53-44(39)42)49-51-45(11,12)46(13,14)52-49/h15-20,25-28H,21-24H2,1-14H3. The number of halogens is 1. The van der Waals surface area contributed by atoms with Crippen molar-refractivity contribution in [3.63, 3.8) is 0 Å². The van der Waals surface area contributed by atoms with E-state index in [2.05, 4.69) is 149 Å². The second-order valence-electron chi connectivity index (χ2n) is 20.0. The number of aryl methyl sites for hydroxylation is 2. The third-order valence-corrected chi connectivity index (χ3v) is 16.0. The average molecular weight is 824 g/mol. The first-order valence-corrected chi connectivity index (χ1v) is 23.0. The molecule has 1 fully saturated rings.